The fourth-order valence-corrected chi connectivity index (χ4v) is 2.80. The van der Waals surface area contributed by atoms with E-state index in [1.54, 1.807) is 24.3 Å². The number of benzene rings is 3. The number of hydrogen-bond donors (Lipinski definition) is 1. The van der Waals surface area contributed by atoms with Crippen molar-refractivity contribution in [3.8, 4) is 17.4 Å². The van der Waals surface area contributed by atoms with Gasteiger partial charge in [-0.2, -0.15) is 0 Å². The van der Waals surface area contributed by atoms with Gasteiger partial charge in [0.2, 0.25) is 5.88 Å². The number of hydrogen-bond acceptors (Lipinski definition) is 4. The quantitative estimate of drug-likeness (QED) is 0.607. The van der Waals surface area contributed by atoms with Crippen molar-refractivity contribution in [3.05, 3.63) is 72.4 Å². The number of ether oxygens (including phenoxy) is 1. The molecule has 2 N–H and O–H groups in total. The highest BCUT2D eigenvalue weighted by Gasteiger charge is 2.18. The van der Waals surface area contributed by atoms with Gasteiger partial charge >= 0.3 is 0 Å². The van der Waals surface area contributed by atoms with Crippen LogP contribution in [-0.2, 0) is 0 Å². The second-order valence-corrected chi connectivity index (χ2v) is 5.60. The highest BCUT2D eigenvalue weighted by molar-refractivity contribution is 6.02. The zero-order valence-corrected chi connectivity index (χ0v) is 13.1. The van der Waals surface area contributed by atoms with Crippen molar-refractivity contribution < 1.29 is 14.6 Å². The number of aromatic nitrogens is 1. The van der Waals surface area contributed by atoms with E-state index < -0.39 is 5.91 Å². The fraction of sp³-hybridized carbons (Fsp3) is 0. The molecule has 5 heteroatoms. The van der Waals surface area contributed by atoms with Crippen LogP contribution in [0.3, 0.4) is 0 Å². The second kappa shape index (κ2) is 5.79. The van der Waals surface area contributed by atoms with Gasteiger partial charge in [-0.3, -0.25) is 10.5 Å². The average molecular weight is 329 g/mol. The number of nitrogens with one attached hydrogen (secondary N) is 1. The first kappa shape index (κ1) is 15.0. The molecule has 3 aromatic carbocycles. The highest BCUT2D eigenvalue weighted by Crippen LogP contribution is 2.35. The van der Waals surface area contributed by atoms with Gasteiger partial charge in [0.1, 0.15) is 5.75 Å². The molecule has 0 bridgehead atoms. The maximum absolute atomic E-state index is 11.5. The third kappa shape index (κ3) is 2.61. The number of amides is 1. The Morgan fingerprint density at radius 1 is 0.920 bits per heavy atom. The van der Waals surface area contributed by atoms with Crippen molar-refractivity contribution in [2.75, 3.05) is 0 Å². The lowest BCUT2D eigenvalue weighted by Crippen LogP contribution is -2.05. The summed E-state index contributed by atoms with van der Waals surface area (Å²) in [5.41, 5.74) is 6.98. The minimum atomic E-state index is -1.06. The summed E-state index contributed by atoms with van der Waals surface area (Å²) in [6, 6.07) is 20.4. The van der Waals surface area contributed by atoms with E-state index in [1.807, 2.05) is 42.5 Å². The Morgan fingerprint density at radius 2 is 1.60 bits per heavy atom. The summed E-state index contributed by atoms with van der Waals surface area (Å²) in [7, 11) is 0. The molecule has 0 aliphatic heterocycles. The third-order valence-corrected chi connectivity index (χ3v) is 4.00. The molecule has 1 radical (unpaired) electrons. The van der Waals surface area contributed by atoms with E-state index in [0.717, 1.165) is 10.8 Å². The van der Waals surface area contributed by atoms with Gasteiger partial charge in [0, 0.05) is 10.8 Å². The largest absolute Gasteiger partial charge is 0.505 e. The van der Waals surface area contributed by atoms with E-state index in [4.69, 9.17) is 10.5 Å². The van der Waals surface area contributed by atoms with E-state index >= 15 is 0 Å². The second-order valence-electron chi connectivity index (χ2n) is 5.60. The minimum Gasteiger partial charge on any atom is -0.505 e. The topological polar surface area (TPSA) is 83.2 Å². The van der Waals surface area contributed by atoms with Gasteiger partial charge < -0.3 is 9.84 Å². The Kier molecular flexibility index (Phi) is 3.47. The van der Waals surface area contributed by atoms with Crippen molar-refractivity contribution >= 4 is 27.5 Å². The lowest BCUT2D eigenvalue weighted by atomic mass is 10.1. The molecule has 25 heavy (non-hydrogen) atoms. The van der Waals surface area contributed by atoms with Gasteiger partial charge in [-0.1, -0.05) is 48.5 Å². The van der Waals surface area contributed by atoms with E-state index in [2.05, 4.69) is 4.98 Å². The molecule has 0 fully saturated rings. The summed E-state index contributed by atoms with van der Waals surface area (Å²) in [4.78, 5) is 15.5. The number of aromatic hydroxyl groups is 1. The summed E-state index contributed by atoms with van der Waals surface area (Å²) >= 11 is 0. The maximum Gasteiger partial charge on any atom is 0.292 e. The SMILES string of the molecule is [NH]C(=O)c1nc(Oc2ccc3ccccc3c2)c2ccccc2c1O. The number of fused-ring (bicyclic) bond motifs is 2. The molecule has 0 aliphatic carbocycles. The van der Waals surface area contributed by atoms with Gasteiger partial charge in [-0.15, -0.1) is 0 Å². The zero-order chi connectivity index (χ0) is 17.4. The molecule has 5 nitrogen and oxygen atoms in total. The zero-order valence-electron chi connectivity index (χ0n) is 13.1. The number of rotatable bonds is 3. The van der Waals surface area contributed by atoms with Crippen LogP contribution < -0.4 is 10.5 Å². The molecule has 0 saturated carbocycles. The van der Waals surface area contributed by atoms with E-state index in [-0.39, 0.29) is 17.3 Å². The van der Waals surface area contributed by atoms with Crippen LogP contribution in [0.2, 0.25) is 0 Å². The van der Waals surface area contributed by atoms with Gasteiger partial charge in [-0.25, -0.2) is 4.98 Å². The Balaban J connectivity index is 1.87. The third-order valence-electron chi connectivity index (χ3n) is 4.00. The van der Waals surface area contributed by atoms with Crippen LogP contribution in [0.25, 0.3) is 21.5 Å². The molecule has 1 heterocycles. The predicted molar refractivity (Wildman–Crippen MR) is 94.9 cm³/mol. The van der Waals surface area contributed by atoms with Crippen molar-refractivity contribution in [2.24, 2.45) is 0 Å². The molecule has 1 aromatic heterocycles. The first-order valence-corrected chi connectivity index (χ1v) is 7.68. The molecule has 0 spiro atoms. The van der Waals surface area contributed by atoms with Crippen molar-refractivity contribution in [3.63, 3.8) is 0 Å². The smallest absolute Gasteiger partial charge is 0.292 e. The van der Waals surface area contributed by atoms with E-state index in [1.165, 1.54) is 0 Å². The molecule has 0 saturated heterocycles. The minimum absolute atomic E-state index is 0.180. The van der Waals surface area contributed by atoms with Crippen LogP contribution in [0, 0.1) is 0 Å². The standard InChI is InChI=1S/C20H13N2O3/c21-19(24)17-18(23)15-7-3-4-8-16(15)20(22-17)25-14-10-9-12-5-1-2-6-13(12)11-14/h1-11,21,23H. The molecular weight excluding hydrogens is 316 g/mol. The van der Waals surface area contributed by atoms with Crippen LogP contribution in [0.15, 0.2) is 66.7 Å². The van der Waals surface area contributed by atoms with E-state index in [9.17, 15) is 9.90 Å². The van der Waals surface area contributed by atoms with Crippen LogP contribution >= 0.6 is 0 Å². The highest BCUT2D eigenvalue weighted by atomic mass is 16.5. The maximum atomic E-state index is 11.5. The Hall–Kier alpha value is -3.60. The molecule has 1 amide bonds. The number of pyridine rings is 1. The lowest BCUT2D eigenvalue weighted by Gasteiger charge is -2.11. The van der Waals surface area contributed by atoms with Crippen LogP contribution in [0.5, 0.6) is 17.4 Å². The van der Waals surface area contributed by atoms with Crippen LogP contribution in [0.4, 0.5) is 0 Å². The summed E-state index contributed by atoms with van der Waals surface area (Å²) < 4.78 is 5.89. The van der Waals surface area contributed by atoms with Crippen molar-refractivity contribution in [1.82, 2.24) is 10.7 Å². The van der Waals surface area contributed by atoms with Gasteiger partial charge in [0.05, 0.1) is 0 Å². The number of carbonyl (C=O) groups is 1. The van der Waals surface area contributed by atoms with Gasteiger partial charge in [0.15, 0.2) is 11.4 Å². The first-order chi connectivity index (χ1) is 12.1. The summed E-state index contributed by atoms with van der Waals surface area (Å²) in [6.45, 7) is 0. The summed E-state index contributed by atoms with van der Waals surface area (Å²) in [6.07, 6.45) is 0. The molecule has 0 unspecified atom stereocenters. The predicted octanol–water partition coefficient (Wildman–Crippen LogP) is 4.31. The van der Waals surface area contributed by atoms with E-state index in [0.29, 0.717) is 16.5 Å². The number of nitrogens with zero attached hydrogens (tertiary/aromatic N) is 1. The molecule has 4 rings (SSSR count). The lowest BCUT2D eigenvalue weighted by molar-refractivity contribution is 0.0984. The molecular formula is C20H13N2O3. The Bertz CT molecular complexity index is 1120. The van der Waals surface area contributed by atoms with Crippen LogP contribution in [-0.4, -0.2) is 16.0 Å². The average Bonchev–Trinajstić information content (AvgIpc) is 2.64. The molecule has 121 valence electrons. The molecule has 0 aliphatic rings. The summed E-state index contributed by atoms with van der Waals surface area (Å²) in [5, 5.41) is 13.3. The van der Waals surface area contributed by atoms with Crippen molar-refractivity contribution in [1.29, 1.82) is 0 Å². The Labute approximate surface area is 143 Å². The molecule has 0 atom stereocenters. The first-order valence-electron chi connectivity index (χ1n) is 7.68. The fourth-order valence-electron chi connectivity index (χ4n) is 2.80. The van der Waals surface area contributed by atoms with Gasteiger partial charge in [-0.05, 0) is 29.0 Å². The summed E-state index contributed by atoms with van der Waals surface area (Å²) in [5.74, 6) is -0.627. The van der Waals surface area contributed by atoms with Gasteiger partial charge in [0.25, 0.3) is 5.91 Å². The van der Waals surface area contributed by atoms with Crippen molar-refractivity contribution in [2.45, 2.75) is 0 Å². The number of carbonyl (C=O) groups excluding carboxylic acids is 1. The monoisotopic (exact) mass is 329 g/mol. The Morgan fingerprint density at radius 3 is 2.36 bits per heavy atom. The molecule has 4 aromatic rings. The normalized spacial score (nSPS) is 10.9. The van der Waals surface area contributed by atoms with Crippen LogP contribution in [0.1, 0.15) is 10.5 Å².